The molecule has 0 saturated heterocycles. The minimum Gasteiger partial charge on any atom is -0.0679 e. The van der Waals surface area contributed by atoms with E-state index in [1.807, 2.05) is 0 Å². The summed E-state index contributed by atoms with van der Waals surface area (Å²) in [6, 6.07) is 23.2. The van der Waals surface area contributed by atoms with Gasteiger partial charge in [-0.1, -0.05) is 90.5 Å². The summed E-state index contributed by atoms with van der Waals surface area (Å²) in [5, 5.41) is 5.48. The molecule has 1 unspecified atom stereocenters. The van der Waals surface area contributed by atoms with Crippen molar-refractivity contribution < 1.29 is 0 Å². The van der Waals surface area contributed by atoms with Crippen molar-refractivity contribution in [2.75, 3.05) is 0 Å². The zero-order valence-corrected chi connectivity index (χ0v) is 25.6. The zero-order valence-electron chi connectivity index (χ0n) is 24.6. The Kier molecular flexibility index (Phi) is 5.52. The minimum atomic E-state index is -1.81. The van der Waals surface area contributed by atoms with Crippen molar-refractivity contribution in [3.8, 4) is 11.1 Å². The van der Waals surface area contributed by atoms with E-state index < -0.39 is 8.07 Å². The standard InChI is InChI=1S/C38H40Si/c1-22-19-33-34(37(22)39(6,7)38-25(4)23(2)24(3)26(38)5)21-29-15-12-18-32(29)36(33)35-30-16-10-8-13-27(30)20-28-14-9-11-17-31(28)35/h8-11,13-14,16-17,19-21,37-38H,12,15,18H2,1-7H3. The van der Waals surface area contributed by atoms with Gasteiger partial charge in [0.15, 0.2) is 0 Å². The monoisotopic (exact) mass is 524 g/mol. The molecule has 0 bridgehead atoms. The summed E-state index contributed by atoms with van der Waals surface area (Å²) in [5.74, 6) is 0. The highest BCUT2D eigenvalue weighted by Crippen LogP contribution is 2.57. The van der Waals surface area contributed by atoms with Gasteiger partial charge in [0.1, 0.15) is 0 Å². The highest BCUT2D eigenvalue weighted by Gasteiger charge is 2.47. The molecule has 0 heterocycles. The van der Waals surface area contributed by atoms with Crippen LogP contribution in [-0.4, -0.2) is 8.07 Å². The number of rotatable bonds is 3. The fraction of sp³-hybridized carbons (Fsp3) is 0.316. The summed E-state index contributed by atoms with van der Waals surface area (Å²) in [6.45, 7) is 17.3. The number of hydrogen-bond donors (Lipinski definition) is 0. The van der Waals surface area contributed by atoms with E-state index in [0.29, 0.717) is 11.1 Å². The van der Waals surface area contributed by atoms with Gasteiger partial charge >= 0.3 is 0 Å². The van der Waals surface area contributed by atoms with Gasteiger partial charge in [0.2, 0.25) is 0 Å². The molecule has 0 radical (unpaired) electrons. The van der Waals surface area contributed by atoms with Gasteiger partial charge < -0.3 is 0 Å². The number of benzene rings is 4. The molecule has 3 aliphatic rings. The van der Waals surface area contributed by atoms with Gasteiger partial charge in [-0.3, -0.25) is 0 Å². The third-order valence-electron chi connectivity index (χ3n) is 10.7. The lowest BCUT2D eigenvalue weighted by Gasteiger charge is -2.39. The molecule has 7 rings (SSSR count). The summed E-state index contributed by atoms with van der Waals surface area (Å²) >= 11 is 0. The van der Waals surface area contributed by atoms with Crippen LogP contribution in [0.15, 0.2) is 88.5 Å². The van der Waals surface area contributed by atoms with Gasteiger partial charge in [-0.05, 0) is 132 Å². The molecule has 4 aromatic carbocycles. The first-order valence-corrected chi connectivity index (χ1v) is 18.0. The van der Waals surface area contributed by atoms with Crippen LogP contribution in [0.1, 0.15) is 68.8 Å². The molecule has 0 nitrogen and oxygen atoms in total. The van der Waals surface area contributed by atoms with Crippen molar-refractivity contribution in [2.24, 2.45) is 0 Å². The molecule has 0 saturated carbocycles. The van der Waals surface area contributed by atoms with Gasteiger partial charge in [0, 0.05) is 5.54 Å². The van der Waals surface area contributed by atoms with Crippen LogP contribution in [0.2, 0.25) is 18.6 Å². The van der Waals surface area contributed by atoms with Crippen molar-refractivity contribution in [3.05, 3.63) is 111 Å². The smallest absolute Gasteiger partial charge is 0.0679 e. The molecule has 0 fully saturated rings. The van der Waals surface area contributed by atoms with E-state index >= 15 is 0 Å². The quantitative estimate of drug-likeness (QED) is 0.185. The fourth-order valence-electron chi connectivity index (χ4n) is 8.92. The maximum absolute atomic E-state index is 2.67. The molecule has 3 aliphatic carbocycles. The molecule has 0 aromatic heterocycles. The van der Waals surface area contributed by atoms with Crippen LogP contribution >= 0.6 is 0 Å². The van der Waals surface area contributed by atoms with E-state index in [2.05, 4.69) is 114 Å². The first-order chi connectivity index (χ1) is 18.7. The normalized spacial score (nSPS) is 19.5. The van der Waals surface area contributed by atoms with E-state index in [1.54, 1.807) is 33.4 Å². The van der Waals surface area contributed by atoms with Crippen molar-refractivity contribution in [1.82, 2.24) is 0 Å². The molecule has 39 heavy (non-hydrogen) atoms. The van der Waals surface area contributed by atoms with Gasteiger partial charge in [0.05, 0.1) is 8.07 Å². The Labute approximate surface area is 235 Å². The van der Waals surface area contributed by atoms with Crippen LogP contribution in [0.4, 0.5) is 0 Å². The highest BCUT2D eigenvalue weighted by atomic mass is 28.3. The number of allylic oxidation sites excluding steroid dienone is 5. The molecule has 1 atom stereocenters. The zero-order chi connectivity index (χ0) is 27.2. The first-order valence-electron chi connectivity index (χ1n) is 14.8. The van der Waals surface area contributed by atoms with E-state index in [1.165, 1.54) is 68.6 Å². The number of hydrogen-bond acceptors (Lipinski definition) is 0. The molecule has 0 spiro atoms. The molecule has 4 aromatic rings. The highest BCUT2D eigenvalue weighted by molar-refractivity contribution is 6.82. The fourth-order valence-corrected chi connectivity index (χ4v) is 14.2. The van der Waals surface area contributed by atoms with Gasteiger partial charge in [-0.2, -0.15) is 0 Å². The Morgan fingerprint density at radius 1 is 0.667 bits per heavy atom. The topological polar surface area (TPSA) is 0 Å². The lowest BCUT2D eigenvalue weighted by Crippen LogP contribution is -2.41. The lowest BCUT2D eigenvalue weighted by molar-refractivity contribution is 0.911. The van der Waals surface area contributed by atoms with Crippen LogP contribution in [0.3, 0.4) is 0 Å². The van der Waals surface area contributed by atoms with Crippen LogP contribution < -0.4 is 0 Å². The molecular formula is C38H40Si. The lowest BCUT2D eigenvalue weighted by atomic mass is 9.84. The van der Waals surface area contributed by atoms with E-state index in [0.717, 1.165) is 0 Å². The van der Waals surface area contributed by atoms with Gasteiger partial charge in [0.25, 0.3) is 0 Å². The van der Waals surface area contributed by atoms with E-state index in [9.17, 15) is 0 Å². The van der Waals surface area contributed by atoms with Gasteiger partial charge in [-0.25, -0.2) is 0 Å². The Morgan fingerprint density at radius 3 is 1.87 bits per heavy atom. The molecule has 0 amide bonds. The van der Waals surface area contributed by atoms with Gasteiger partial charge in [-0.15, -0.1) is 0 Å². The van der Waals surface area contributed by atoms with Crippen molar-refractivity contribution in [1.29, 1.82) is 0 Å². The number of fused-ring (bicyclic) bond motifs is 4. The third kappa shape index (κ3) is 3.42. The summed E-state index contributed by atoms with van der Waals surface area (Å²) in [4.78, 5) is 0. The predicted octanol–water partition coefficient (Wildman–Crippen LogP) is 11.0. The molecule has 1 heteroatoms. The number of aryl methyl sites for hydroxylation is 1. The molecule has 0 N–H and O–H groups in total. The Bertz CT molecular complexity index is 1730. The largest absolute Gasteiger partial charge is 0.0717 e. The van der Waals surface area contributed by atoms with E-state index in [-0.39, 0.29) is 0 Å². The van der Waals surface area contributed by atoms with Crippen LogP contribution in [0.5, 0.6) is 0 Å². The summed E-state index contributed by atoms with van der Waals surface area (Å²) < 4.78 is 0. The average Bonchev–Trinajstić information content (AvgIpc) is 3.57. The third-order valence-corrected chi connectivity index (χ3v) is 15.3. The maximum Gasteiger partial charge on any atom is 0.0717 e. The van der Waals surface area contributed by atoms with Crippen LogP contribution in [0, 0.1) is 0 Å². The average molecular weight is 525 g/mol. The Morgan fingerprint density at radius 2 is 1.26 bits per heavy atom. The Balaban J connectivity index is 1.53. The van der Waals surface area contributed by atoms with Crippen molar-refractivity contribution in [3.63, 3.8) is 0 Å². The first kappa shape index (κ1) is 24.8. The second-order valence-electron chi connectivity index (χ2n) is 13.1. The van der Waals surface area contributed by atoms with Crippen LogP contribution in [0.25, 0.3) is 38.7 Å². The maximum atomic E-state index is 2.67. The second kappa shape index (κ2) is 8.67. The van der Waals surface area contributed by atoms with Crippen LogP contribution in [-0.2, 0) is 12.8 Å². The summed E-state index contributed by atoms with van der Waals surface area (Å²) in [6.07, 6.45) is 6.28. The van der Waals surface area contributed by atoms with Crippen molar-refractivity contribution in [2.45, 2.75) is 78.1 Å². The predicted molar refractivity (Wildman–Crippen MR) is 173 cm³/mol. The second-order valence-corrected chi connectivity index (χ2v) is 17.9. The minimum absolute atomic E-state index is 0.548. The molecular weight excluding hydrogens is 485 g/mol. The molecule has 196 valence electrons. The van der Waals surface area contributed by atoms with Crippen molar-refractivity contribution >= 4 is 35.7 Å². The molecule has 0 aliphatic heterocycles. The summed E-state index contributed by atoms with van der Waals surface area (Å²) in [5.41, 5.74) is 18.4. The SMILES string of the molecule is CC1=Cc2c(cc3c(c2-c2c4ccccc4cc4ccccc24)CCC3)C1[Si](C)(C)C1C(C)=C(C)C(C)=C1C. The van der Waals surface area contributed by atoms with E-state index in [4.69, 9.17) is 0 Å². The Hall–Kier alpha value is -3.16. The summed E-state index contributed by atoms with van der Waals surface area (Å²) in [7, 11) is -1.81.